The molecule has 49 heavy (non-hydrogen) atoms. The van der Waals surface area contributed by atoms with Crippen molar-refractivity contribution in [3.05, 3.63) is 107 Å². The lowest BCUT2D eigenvalue weighted by molar-refractivity contribution is -0.275. The van der Waals surface area contributed by atoms with E-state index in [0.717, 1.165) is 43.4 Å². The minimum absolute atomic E-state index is 0.112. The lowest BCUT2D eigenvalue weighted by Gasteiger charge is -2.29. The molecule has 0 amide bonds. The minimum Gasteiger partial charge on any atom is -0.429 e. The summed E-state index contributed by atoms with van der Waals surface area (Å²) >= 11 is 0. The van der Waals surface area contributed by atoms with E-state index in [4.69, 9.17) is 0 Å². The highest BCUT2D eigenvalue weighted by Crippen LogP contribution is 2.41. The minimum atomic E-state index is -5.27. The summed E-state index contributed by atoms with van der Waals surface area (Å²) in [5.41, 5.74) is -1.60. The summed E-state index contributed by atoms with van der Waals surface area (Å²) in [6, 6.07) is 10.1. The predicted molar refractivity (Wildman–Crippen MR) is 164 cm³/mol. The molecule has 0 radical (unpaired) electrons. The summed E-state index contributed by atoms with van der Waals surface area (Å²) in [6.07, 6.45) is -1.08. The number of halogens is 10. The Bertz CT molecular complexity index is 1750. The molecule has 0 bridgehead atoms. The molecule has 1 aliphatic rings. The molecular formula is C37H32F10O2. The fourth-order valence-electron chi connectivity index (χ4n) is 6.36. The standard InChI is InChI=1S/C37H32F10O2/c1-2-3-4-5-21-6-8-22(9-7-21)23-10-13-27(29(38)16-23)24-11-14-28(30(39)17-24)25-18-32(41)35(33(42)19-25)36(43,44)48-26-12-15-34(31(40)20-26)49-37(45,46)47/h10-22H,2-9H2,1H3. The molecule has 2 nitrogen and oxygen atoms in total. The molecule has 0 unspecified atom stereocenters. The molecule has 4 aromatic rings. The fraction of sp³-hybridized carbons (Fsp3) is 0.351. The number of benzene rings is 4. The highest BCUT2D eigenvalue weighted by molar-refractivity contribution is 5.72. The van der Waals surface area contributed by atoms with Gasteiger partial charge >= 0.3 is 12.5 Å². The van der Waals surface area contributed by atoms with Crippen LogP contribution in [0.2, 0.25) is 0 Å². The molecule has 0 aromatic heterocycles. The third kappa shape index (κ3) is 8.69. The van der Waals surface area contributed by atoms with Crippen molar-refractivity contribution < 1.29 is 53.4 Å². The molecule has 0 heterocycles. The highest BCUT2D eigenvalue weighted by Gasteiger charge is 2.42. The maximum Gasteiger partial charge on any atom is 0.573 e. The first-order chi connectivity index (χ1) is 23.1. The summed E-state index contributed by atoms with van der Waals surface area (Å²) in [5.74, 6) is -8.47. The Hall–Kier alpha value is -4.22. The third-order valence-electron chi connectivity index (χ3n) is 8.83. The number of ether oxygens (including phenoxy) is 2. The molecule has 1 saturated carbocycles. The van der Waals surface area contributed by atoms with Gasteiger partial charge in [0, 0.05) is 17.2 Å². The fourth-order valence-corrected chi connectivity index (χ4v) is 6.36. The van der Waals surface area contributed by atoms with E-state index in [-0.39, 0.29) is 28.7 Å². The van der Waals surface area contributed by atoms with Crippen LogP contribution in [-0.2, 0) is 6.11 Å². The van der Waals surface area contributed by atoms with Gasteiger partial charge in [-0.05, 0) is 90.6 Å². The van der Waals surface area contributed by atoms with E-state index >= 15 is 8.78 Å². The van der Waals surface area contributed by atoms with Crippen molar-refractivity contribution in [1.29, 1.82) is 0 Å². The van der Waals surface area contributed by atoms with Crippen LogP contribution in [0.5, 0.6) is 11.5 Å². The van der Waals surface area contributed by atoms with Gasteiger partial charge in [-0.3, -0.25) is 0 Å². The van der Waals surface area contributed by atoms with Crippen molar-refractivity contribution in [2.24, 2.45) is 5.92 Å². The Kier molecular flexibility index (Phi) is 10.8. The molecule has 12 heteroatoms. The van der Waals surface area contributed by atoms with Crippen LogP contribution in [0.4, 0.5) is 43.9 Å². The molecule has 0 atom stereocenters. The average Bonchev–Trinajstić information content (AvgIpc) is 3.01. The number of unbranched alkanes of at least 4 members (excludes halogenated alkanes) is 2. The van der Waals surface area contributed by atoms with E-state index in [9.17, 15) is 35.1 Å². The smallest absolute Gasteiger partial charge is 0.429 e. The quantitative estimate of drug-likeness (QED) is 0.115. The predicted octanol–water partition coefficient (Wildman–Crippen LogP) is 12.6. The van der Waals surface area contributed by atoms with E-state index in [0.29, 0.717) is 30.2 Å². The Morgan fingerprint density at radius 3 is 1.82 bits per heavy atom. The van der Waals surface area contributed by atoms with Crippen molar-refractivity contribution in [2.75, 3.05) is 0 Å². The maximum atomic E-state index is 15.3. The largest absolute Gasteiger partial charge is 0.573 e. The van der Waals surface area contributed by atoms with Gasteiger partial charge in [-0.1, -0.05) is 56.9 Å². The van der Waals surface area contributed by atoms with Crippen LogP contribution in [0.1, 0.15) is 75.3 Å². The summed E-state index contributed by atoms with van der Waals surface area (Å²) in [4.78, 5) is 0. The van der Waals surface area contributed by atoms with E-state index in [1.54, 1.807) is 6.07 Å². The van der Waals surface area contributed by atoms with Crippen LogP contribution in [0.25, 0.3) is 22.3 Å². The summed E-state index contributed by atoms with van der Waals surface area (Å²) < 4.78 is 149. The van der Waals surface area contributed by atoms with Crippen LogP contribution in [0.15, 0.2) is 66.7 Å². The zero-order chi connectivity index (χ0) is 35.5. The molecular weight excluding hydrogens is 666 g/mol. The molecule has 0 N–H and O–H groups in total. The molecule has 1 fully saturated rings. The number of alkyl halides is 5. The van der Waals surface area contributed by atoms with Gasteiger partial charge in [-0.25, -0.2) is 22.0 Å². The Morgan fingerprint density at radius 2 is 1.22 bits per heavy atom. The lowest BCUT2D eigenvalue weighted by Crippen LogP contribution is -2.25. The van der Waals surface area contributed by atoms with Crippen molar-refractivity contribution in [3.63, 3.8) is 0 Å². The van der Waals surface area contributed by atoms with Gasteiger partial charge in [0.2, 0.25) is 0 Å². The van der Waals surface area contributed by atoms with E-state index in [1.165, 1.54) is 37.8 Å². The number of rotatable bonds is 11. The lowest BCUT2D eigenvalue weighted by atomic mass is 9.77. The monoisotopic (exact) mass is 698 g/mol. The number of hydrogen-bond donors (Lipinski definition) is 0. The second kappa shape index (κ2) is 14.7. The Morgan fingerprint density at radius 1 is 0.612 bits per heavy atom. The third-order valence-corrected chi connectivity index (χ3v) is 8.83. The first kappa shape index (κ1) is 36.1. The molecule has 4 aromatic carbocycles. The second-order valence-corrected chi connectivity index (χ2v) is 12.2. The van der Waals surface area contributed by atoms with Gasteiger partial charge in [-0.2, -0.15) is 8.78 Å². The van der Waals surface area contributed by atoms with Crippen LogP contribution < -0.4 is 9.47 Å². The van der Waals surface area contributed by atoms with E-state index < -0.39 is 64.2 Å². The first-order valence-electron chi connectivity index (χ1n) is 15.9. The Labute approximate surface area is 276 Å². The molecule has 262 valence electrons. The van der Waals surface area contributed by atoms with Gasteiger partial charge in [0.15, 0.2) is 11.6 Å². The zero-order valence-electron chi connectivity index (χ0n) is 26.3. The molecule has 5 rings (SSSR count). The topological polar surface area (TPSA) is 18.5 Å². The highest BCUT2D eigenvalue weighted by atomic mass is 19.4. The zero-order valence-corrected chi connectivity index (χ0v) is 26.3. The molecule has 0 aliphatic heterocycles. The van der Waals surface area contributed by atoms with Crippen LogP contribution >= 0.6 is 0 Å². The van der Waals surface area contributed by atoms with Gasteiger partial charge in [0.05, 0.1) is 0 Å². The number of hydrogen-bond acceptors (Lipinski definition) is 2. The van der Waals surface area contributed by atoms with Crippen molar-refractivity contribution >= 4 is 0 Å². The second-order valence-electron chi connectivity index (χ2n) is 12.2. The SMILES string of the molecule is CCCCCC1CCC(c2ccc(-c3ccc(-c4cc(F)c(C(F)(F)Oc5ccc(OC(F)(F)F)c(F)c5)c(F)c4)c(F)c3)c(F)c2)CC1. The average molecular weight is 699 g/mol. The summed E-state index contributed by atoms with van der Waals surface area (Å²) in [7, 11) is 0. The van der Waals surface area contributed by atoms with E-state index in [2.05, 4.69) is 16.4 Å². The van der Waals surface area contributed by atoms with Gasteiger partial charge in [-0.15, -0.1) is 13.2 Å². The Balaban J connectivity index is 1.30. The van der Waals surface area contributed by atoms with Crippen molar-refractivity contribution in [2.45, 2.75) is 76.7 Å². The summed E-state index contributed by atoms with van der Waals surface area (Å²) in [5, 5.41) is 0. The molecule has 0 saturated heterocycles. The first-order valence-corrected chi connectivity index (χ1v) is 15.9. The van der Waals surface area contributed by atoms with E-state index in [1.807, 2.05) is 6.07 Å². The van der Waals surface area contributed by atoms with Gasteiger partial charge < -0.3 is 9.47 Å². The van der Waals surface area contributed by atoms with Crippen LogP contribution in [0, 0.1) is 35.0 Å². The molecule has 1 aliphatic carbocycles. The van der Waals surface area contributed by atoms with Crippen molar-refractivity contribution in [1.82, 2.24) is 0 Å². The van der Waals surface area contributed by atoms with Crippen LogP contribution in [-0.4, -0.2) is 6.36 Å². The van der Waals surface area contributed by atoms with Crippen LogP contribution in [0.3, 0.4) is 0 Å². The van der Waals surface area contributed by atoms with Crippen molar-refractivity contribution in [3.8, 4) is 33.8 Å². The molecule has 0 spiro atoms. The van der Waals surface area contributed by atoms with Gasteiger partial charge in [0.1, 0.15) is 34.6 Å². The maximum absolute atomic E-state index is 15.3. The normalized spacial score (nSPS) is 16.9. The summed E-state index contributed by atoms with van der Waals surface area (Å²) in [6.45, 7) is 2.17. The van der Waals surface area contributed by atoms with Gasteiger partial charge in [0.25, 0.3) is 0 Å².